The average molecular weight is 282 g/mol. The van der Waals surface area contributed by atoms with E-state index in [2.05, 4.69) is 5.32 Å². The molecule has 0 aliphatic heterocycles. The Balaban J connectivity index is 2.77. The molecule has 0 aromatic heterocycles. The normalized spacial score (nSPS) is 11.8. The molecule has 1 rings (SSSR count). The second kappa shape index (κ2) is 8.39. The number of hydrogen-bond acceptors (Lipinski definition) is 5. The van der Waals surface area contributed by atoms with Gasteiger partial charge in [0.2, 0.25) is 5.91 Å². The molecular weight excluding hydrogens is 260 g/mol. The van der Waals surface area contributed by atoms with Gasteiger partial charge >= 0.3 is 0 Å². The number of methoxy groups -OCH3 is 1. The van der Waals surface area contributed by atoms with Gasteiger partial charge in [0.05, 0.1) is 19.8 Å². The van der Waals surface area contributed by atoms with E-state index in [-0.39, 0.29) is 19.1 Å². The van der Waals surface area contributed by atoms with Gasteiger partial charge in [-0.2, -0.15) is 0 Å². The van der Waals surface area contributed by atoms with Gasteiger partial charge in [0.1, 0.15) is 6.61 Å². The number of ether oxygens (including phenoxy) is 2. The number of nitrogens with two attached hydrogens (primary N) is 1. The van der Waals surface area contributed by atoms with Crippen LogP contribution in [0.15, 0.2) is 18.2 Å². The van der Waals surface area contributed by atoms with Crippen molar-refractivity contribution in [1.82, 2.24) is 0 Å². The third kappa shape index (κ3) is 4.71. The number of aliphatic hydroxyl groups excluding tert-OH is 1. The smallest absolute Gasteiger partial charge is 0.241 e. The van der Waals surface area contributed by atoms with E-state index in [0.29, 0.717) is 23.6 Å². The molecule has 0 bridgehead atoms. The summed E-state index contributed by atoms with van der Waals surface area (Å²) in [5.74, 6) is 0.767. The highest BCUT2D eigenvalue weighted by atomic mass is 16.5. The van der Waals surface area contributed by atoms with Gasteiger partial charge in [-0.15, -0.1) is 0 Å². The number of nitrogens with one attached hydrogen (secondary N) is 1. The van der Waals surface area contributed by atoms with Gasteiger partial charge in [-0.25, -0.2) is 0 Å². The van der Waals surface area contributed by atoms with Crippen molar-refractivity contribution in [3.63, 3.8) is 0 Å². The maximum Gasteiger partial charge on any atom is 0.241 e. The minimum atomic E-state index is -0.524. The van der Waals surface area contributed by atoms with Gasteiger partial charge in [-0.3, -0.25) is 4.79 Å². The van der Waals surface area contributed by atoms with Gasteiger partial charge in [0.15, 0.2) is 11.5 Å². The van der Waals surface area contributed by atoms with E-state index in [0.717, 1.165) is 6.42 Å². The van der Waals surface area contributed by atoms with Crippen molar-refractivity contribution in [2.45, 2.75) is 25.8 Å². The zero-order valence-electron chi connectivity index (χ0n) is 11.9. The maximum atomic E-state index is 11.8. The van der Waals surface area contributed by atoms with E-state index in [4.69, 9.17) is 20.3 Å². The Bertz CT molecular complexity index is 437. The summed E-state index contributed by atoms with van der Waals surface area (Å²) in [5, 5.41) is 11.5. The van der Waals surface area contributed by atoms with Crippen LogP contribution in [0, 0.1) is 0 Å². The molecule has 1 amide bonds. The SMILES string of the molecule is CCC[C@H](N)C(=O)Nc1ccc(OC)c(OCCO)c1. The van der Waals surface area contributed by atoms with Crippen LogP contribution in [0.5, 0.6) is 11.5 Å². The first-order chi connectivity index (χ1) is 9.62. The first-order valence-electron chi connectivity index (χ1n) is 6.60. The fourth-order valence-corrected chi connectivity index (χ4v) is 1.70. The summed E-state index contributed by atoms with van der Waals surface area (Å²) in [6.07, 6.45) is 1.48. The lowest BCUT2D eigenvalue weighted by atomic mass is 10.1. The van der Waals surface area contributed by atoms with Crippen molar-refractivity contribution >= 4 is 11.6 Å². The van der Waals surface area contributed by atoms with Crippen molar-refractivity contribution < 1.29 is 19.4 Å². The highest BCUT2D eigenvalue weighted by Gasteiger charge is 2.13. The lowest BCUT2D eigenvalue weighted by molar-refractivity contribution is -0.117. The molecule has 4 N–H and O–H groups in total. The van der Waals surface area contributed by atoms with Crippen LogP contribution in [-0.2, 0) is 4.79 Å². The summed E-state index contributed by atoms with van der Waals surface area (Å²) in [7, 11) is 1.52. The highest BCUT2D eigenvalue weighted by molar-refractivity contribution is 5.94. The fourth-order valence-electron chi connectivity index (χ4n) is 1.70. The monoisotopic (exact) mass is 282 g/mol. The van der Waals surface area contributed by atoms with Crippen LogP contribution in [0.4, 0.5) is 5.69 Å². The summed E-state index contributed by atoms with van der Waals surface area (Å²) in [6, 6.07) is 4.52. The topological polar surface area (TPSA) is 93.8 Å². The molecule has 20 heavy (non-hydrogen) atoms. The minimum absolute atomic E-state index is 0.0961. The standard InChI is InChI=1S/C14H22N2O4/c1-3-4-11(15)14(18)16-10-5-6-12(19-2)13(9-10)20-8-7-17/h5-6,9,11,17H,3-4,7-8,15H2,1-2H3,(H,16,18)/t11-/m0/s1. The fraction of sp³-hybridized carbons (Fsp3) is 0.500. The largest absolute Gasteiger partial charge is 0.493 e. The first-order valence-corrected chi connectivity index (χ1v) is 6.60. The third-order valence-electron chi connectivity index (χ3n) is 2.72. The molecule has 112 valence electrons. The summed E-state index contributed by atoms with van der Waals surface area (Å²) in [5.41, 5.74) is 6.33. The molecule has 0 heterocycles. The lowest BCUT2D eigenvalue weighted by Crippen LogP contribution is -2.35. The number of hydrogen-bond donors (Lipinski definition) is 3. The molecule has 1 atom stereocenters. The number of anilines is 1. The molecule has 0 unspecified atom stereocenters. The Hall–Kier alpha value is -1.79. The Morgan fingerprint density at radius 2 is 2.20 bits per heavy atom. The van der Waals surface area contributed by atoms with Crippen LogP contribution < -0.4 is 20.5 Å². The average Bonchev–Trinajstić information content (AvgIpc) is 2.45. The van der Waals surface area contributed by atoms with Gasteiger partial charge in [-0.05, 0) is 18.6 Å². The zero-order chi connectivity index (χ0) is 15.0. The Morgan fingerprint density at radius 3 is 2.80 bits per heavy atom. The lowest BCUT2D eigenvalue weighted by Gasteiger charge is -2.14. The van der Waals surface area contributed by atoms with Crippen LogP contribution >= 0.6 is 0 Å². The van der Waals surface area contributed by atoms with Crippen LogP contribution in [0.3, 0.4) is 0 Å². The van der Waals surface area contributed by atoms with Crippen molar-refractivity contribution in [2.24, 2.45) is 5.73 Å². The van der Waals surface area contributed by atoms with E-state index < -0.39 is 6.04 Å². The number of rotatable bonds is 8. The van der Waals surface area contributed by atoms with Crippen molar-refractivity contribution in [3.05, 3.63) is 18.2 Å². The molecule has 0 spiro atoms. The van der Waals surface area contributed by atoms with Gasteiger partial charge in [0.25, 0.3) is 0 Å². The van der Waals surface area contributed by atoms with Crippen LogP contribution in [0.2, 0.25) is 0 Å². The molecule has 1 aromatic rings. The Morgan fingerprint density at radius 1 is 1.45 bits per heavy atom. The number of carbonyl (C=O) groups excluding carboxylic acids is 1. The second-order valence-corrected chi connectivity index (χ2v) is 4.32. The maximum absolute atomic E-state index is 11.8. The Labute approximate surface area is 118 Å². The molecule has 0 saturated heterocycles. The highest BCUT2D eigenvalue weighted by Crippen LogP contribution is 2.30. The molecule has 1 aromatic carbocycles. The first kappa shape index (κ1) is 16.3. The van der Waals surface area contributed by atoms with Gasteiger partial charge < -0.3 is 25.6 Å². The second-order valence-electron chi connectivity index (χ2n) is 4.32. The van der Waals surface area contributed by atoms with E-state index in [1.807, 2.05) is 6.92 Å². The Kier molecular flexibility index (Phi) is 6.83. The van der Waals surface area contributed by atoms with Crippen molar-refractivity contribution in [3.8, 4) is 11.5 Å². The third-order valence-corrected chi connectivity index (χ3v) is 2.72. The van der Waals surface area contributed by atoms with E-state index in [9.17, 15) is 4.79 Å². The zero-order valence-corrected chi connectivity index (χ0v) is 11.9. The number of amides is 1. The van der Waals surface area contributed by atoms with Gasteiger partial charge in [-0.1, -0.05) is 13.3 Å². The molecule has 6 heteroatoms. The predicted octanol–water partition coefficient (Wildman–Crippen LogP) is 1.13. The molecule has 6 nitrogen and oxygen atoms in total. The van der Waals surface area contributed by atoms with Crippen molar-refractivity contribution in [1.29, 1.82) is 0 Å². The van der Waals surface area contributed by atoms with E-state index in [1.54, 1.807) is 18.2 Å². The number of carbonyl (C=O) groups is 1. The van der Waals surface area contributed by atoms with Crippen LogP contribution in [0.1, 0.15) is 19.8 Å². The van der Waals surface area contributed by atoms with Crippen LogP contribution in [-0.4, -0.2) is 37.4 Å². The molecule has 0 radical (unpaired) electrons. The summed E-state index contributed by atoms with van der Waals surface area (Å²) in [4.78, 5) is 11.8. The molecule has 0 aliphatic carbocycles. The molecule has 0 fully saturated rings. The number of benzene rings is 1. The van der Waals surface area contributed by atoms with E-state index >= 15 is 0 Å². The minimum Gasteiger partial charge on any atom is -0.493 e. The summed E-state index contributed by atoms with van der Waals surface area (Å²) < 4.78 is 10.5. The summed E-state index contributed by atoms with van der Waals surface area (Å²) >= 11 is 0. The van der Waals surface area contributed by atoms with Gasteiger partial charge in [0, 0.05) is 11.8 Å². The molecule has 0 saturated carbocycles. The summed E-state index contributed by atoms with van der Waals surface area (Å²) in [6.45, 7) is 2.03. The predicted molar refractivity (Wildman–Crippen MR) is 77.1 cm³/mol. The van der Waals surface area contributed by atoms with E-state index in [1.165, 1.54) is 7.11 Å². The molecular formula is C14H22N2O4. The molecule has 0 aliphatic rings. The quantitative estimate of drug-likeness (QED) is 0.664. The van der Waals surface area contributed by atoms with Crippen LogP contribution in [0.25, 0.3) is 0 Å². The van der Waals surface area contributed by atoms with Crippen molar-refractivity contribution in [2.75, 3.05) is 25.6 Å². The number of aliphatic hydroxyl groups is 1.